The van der Waals surface area contributed by atoms with Crippen molar-refractivity contribution in [1.82, 2.24) is 4.98 Å². The molecule has 5 heteroatoms. The normalized spacial score (nSPS) is 14.9. The summed E-state index contributed by atoms with van der Waals surface area (Å²) in [5, 5.41) is 3.14. The summed E-state index contributed by atoms with van der Waals surface area (Å²) in [6, 6.07) is 2.12. The molecular weight excluding hydrogens is 286 g/mol. The van der Waals surface area contributed by atoms with E-state index in [1.165, 1.54) is 12.8 Å². The van der Waals surface area contributed by atoms with Gasteiger partial charge in [0.15, 0.2) is 0 Å². The summed E-state index contributed by atoms with van der Waals surface area (Å²) in [6.07, 6.45) is 6.68. The van der Waals surface area contributed by atoms with Gasteiger partial charge in [-0.2, -0.15) is 0 Å². The smallest absolute Gasteiger partial charge is 0.150 e. The first kappa shape index (κ1) is 12.0. The Morgan fingerprint density at radius 1 is 1.62 bits per heavy atom. The van der Waals surface area contributed by atoms with E-state index < -0.39 is 0 Å². The van der Waals surface area contributed by atoms with Gasteiger partial charge >= 0.3 is 0 Å². The minimum Gasteiger partial charge on any atom is -0.371 e. The molecular formula is C11H16BrN3S. The Balaban J connectivity index is 2.23. The molecule has 88 valence electrons. The highest BCUT2D eigenvalue weighted by Gasteiger charge is 2.25. The van der Waals surface area contributed by atoms with Crippen molar-refractivity contribution in [3.8, 4) is 0 Å². The molecule has 1 N–H and O–H groups in total. The van der Waals surface area contributed by atoms with E-state index in [1.54, 1.807) is 11.9 Å². The molecule has 2 rings (SSSR count). The summed E-state index contributed by atoms with van der Waals surface area (Å²) >= 11 is 5.24. The Morgan fingerprint density at radius 3 is 2.94 bits per heavy atom. The second-order valence-electron chi connectivity index (χ2n) is 3.96. The topological polar surface area (TPSA) is 28.2 Å². The number of hydrogen-bond acceptors (Lipinski definition) is 4. The van der Waals surface area contributed by atoms with Gasteiger partial charge in [-0.3, -0.25) is 0 Å². The Kier molecular flexibility index (Phi) is 3.97. The van der Waals surface area contributed by atoms with Crippen molar-refractivity contribution in [2.24, 2.45) is 5.92 Å². The average molecular weight is 302 g/mol. The van der Waals surface area contributed by atoms with Gasteiger partial charge in [-0.05, 0) is 40.8 Å². The van der Waals surface area contributed by atoms with Gasteiger partial charge in [0.2, 0.25) is 0 Å². The highest BCUT2D eigenvalue weighted by molar-refractivity contribution is 9.10. The lowest BCUT2D eigenvalue weighted by Gasteiger charge is -2.23. The maximum Gasteiger partial charge on any atom is 0.150 e. The molecule has 1 aromatic rings. The van der Waals surface area contributed by atoms with Crippen molar-refractivity contribution in [1.29, 1.82) is 0 Å². The first-order valence-electron chi connectivity index (χ1n) is 5.39. The van der Waals surface area contributed by atoms with E-state index in [2.05, 4.69) is 42.9 Å². The predicted molar refractivity (Wildman–Crippen MR) is 75.1 cm³/mol. The van der Waals surface area contributed by atoms with E-state index in [0.717, 1.165) is 28.4 Å². The molecule has 0 amide bonds. The van der Waals surface area contributed by atoms with Crippen LogP contribution >= 0.6 is 27.9 Å². The van der Waals surface area contributed by atoms with E-state index in [9.17, 15) is 0 Å². The van der Waals surface area contributed by atoms with Gasteiger partial charge in [0, 0.05) is 30.5 Å². The van der Waals surface area contributed by atoms with Crippen LogP contribution in [-0.4, -0.2) is 24.8 Å². The van der Waals surface area contributed by atoms with Gasteiger partial charge in [-0.25, -0.2) is 4.98 Å². The lowest BCUT2D eigenvalue weighted by Crippen LogP contribution is -2.18. The van der Waals surface area contributed by atoms with Crippen LogP contribution in [0.25, 0.3) is 0 Å². The predicted octanol–water partition coefficient (Wildman–Crippen LogP) is 3.38. The molecule has 3 nitrogen and oxygen atoms in total. The highest BCUT2D eigenvalue weighted by atomic mass is 79.9. The van der Waals surface area contributed by atoms with Crippen LogP contribution in [0.1, 0.15) is 12.8 Å². The van der Waals surface area contributed by atoms with Crippen LogP contribution in [0.3, 0.4) is 0 Å². The third-order valence-electron chi connectivity index (χ3n) is 2.68. The van der Waals surface area contributed by atoms with Crippen molar-refractivity contribution in [2.45, 2.75) is 12.8 Å². The number of nitrogens with zero attached hydrogens (tertiary/aromatic N) is 2. The Labute approximate surface area is 109 Å². The first-order valence-corrected chi connectivity index (χ1v) is 7.37. The van der Waals surface area contributed by atoms with Crippen molar-refractivity contribution < 1.29 is 0 Å². The van der Waals surface area contributed by atoms with Gasteiger partial charge in [0.25, 0.3) is 0 Å². The van der Waals surface area contributed by atoms with Gasteiger partial charge in [0.1, 0.15) is 5.82 Å². The van der Waals surface area contributed by atoms with Crippen molar-refractivity contribution in [3.63, 3.8) is 0 Å². The third-order valence-corrected chi connectivity index (χ3v) is 3.90. The quantitative estimate of drug-likeness (QED) is 0.844. The molecule has 0 radical (unpaired) electrons. The van der Waals surface area contributed by atoms with Gasteiger partial charge in [0.05, 0.1) is 5.69 Å². The molecule has 0 atom stereocenters. The Morgan fingerprint density at radius 2 is 2.38 bits per heavy atom. The molecule has 1 aromatic heterocycles. The van der Waals surface area contributed by atoms with Crippen LogP contribution in [0.5, 0.6) is 0 Å². The van der Waals surface area contributed by atoms with E-state index in [1.807, 2.05) is 13.2 Å². The summed E-state index contributed by atoms with van der Waals surface area (Å²) < 4.78 is 3.35. The van der Waals surface area contributed by atoms with E-state index in [4.69, 9.17) is 0 Å². The zero-order valence-electron chi connectivity index (χ0n) is 9.53. The maximum atomic E-state index is 4.38. The monoisotopic (exact) mass is 301 g/mol. The summed E-state index contributed by atoms with van der Waals surface area (Å²) in [5.74, 6) is 1.81. The van der Waals surface area contributed by atoms with Crippen LogP contribution in [0, 0.1) is 5.92 Å². The molecule has 16 heavy (non-hydrogen) atoms. The molecule has 0 aromatic carbocycles. The standard InChI is InChI=1S/C11H16BrN3S/c1-13-11-10(5-9(12)6-14-11)15(16-2)7-8-3-4-8/h5-6,8H,3-4,7H2,1-2H3,(H,13,14). The Hall–Kier alpha value is -0.420. The summed E-state index contributed by atoms with van der Waals surface area (Å²) in [6.45, 7) is 1.12. The fourth-order valence-corrected chi connectivity index (χ4v) is 2.63. The molecule has 1 aliphatic carbocycles. The molecule has 1 fully saturated rings. The van der Waals surface area contributed by atoms with Gasteiger partial charge in [-0.15, -0.1) is 0 Å². The minimum absolute atomic E-state index is 0.871. The number of hydrogen-bond donors (Lipinski definition) is 1. The minimum atomic E-state index is 0.871. The van der Waals surface area contributed by atoms with E-state index in [0.29, 0.717) is 0 Å². The largest absolute Gasteiger partial charge is 0.371 e. The summed E-state index contributed by atoms with van der Waals surface area (Å²) in [4.78, 5) is 4.38. The fourth-order valence-electron chi connectivity index (χ4n) is 1.62. The molecule has 0 unspecified atom stereocenters. The van der Waals surface area contributed by atoms with E-state index in [-0.39, 0.29) is 0 Å². The van der Waals surface area contributed by atoms with Gasteiger partial charge < -0.3 is 9.62 Å². The van der Waals surface area contributed by atoms with Gasteiger partial charge in [-0.1, -0.05) is 11.9 Å². The van der Waals surface area contributed by atoms with Crippen LogP contribution < -0.4 is 9.62 Å². The second-order valence-corrected chi connectivity index (χ2v) is 5.68. The second kappa shape index (κ2) is 5.27. The van der Waals surface area contributed by atoms with Crippen LogP contribution in [0.2, 0.25) is 0 Å². The summed E-state index contributed by atoms with van der Waals surface area (Å²) in [5.41, 5.74) is 1.16. The highest BCUT2D eigenvalue weighted by Crippen LogP contribution is 2.36. The lowest BCUT2D eigenvalue weighted by atomic mass is 10.3. The number of pyridine rings is 1. The summed E-state index contributed by atoms with van der Waals surface area (Å²) in [7, 11) is 1.91. The van der Waals surface area contributed by atoms with Crippen LogP contribution in [-0.2, 0) is 0 Å². The van der Waals surface area contributed by atoms with Crippen molar-refractivity contribution >= 4 is 39.4 Å². The number of nitrogens with one attached hydrogen (secondary N) is 1. The molecule has 0 bridgehead atoms. The number of rotatable bonds is 5. The fraction of sp³-hybridized carbons (Fsp3) is 0.545. The first-order chi connectivity index (χ1) is 7.74. The number of anilines is 2. The third kappa shape index (κ3) is 2.83. The zero-order chi connectivity index (χ0) is 11.5. The van der Waals surface area contributed by atoms with Crippen LogP contribution in [0.4, 0.5) is 11.5 Å². The van der Waals surface area contributed by atoms with Crippen molar-refractivity contribution in [3.05, 3.63) is 16.7 Å². The lowest BCUT2D eigenvalue weighted by molar-refractivity contribution is 0.848. The van der Waals surface area contributed by atoms with Crippen molar-refractivity contribution in [2.75, 3.05) is 29.5 Å². The SMILES string of the molecule is CNc1ncc(Br)cc1N(CC1CC1)SC. The number of aromatic nitrogens is 1. The molecule has 0 saturated heterocycles. The Bertz CT molecular complexity index is 368. The number of halogens is 1. The maximum absolute atomic E-state index is 4.38. The molecule has 0 aliphatic heterocycles. The molecule has 0 spiro atoms. The molecule has 1 saturated carbocycles. The van der Waals surface area contributed by atoms with Crippen LogP contribution in [0.15, 0.2) is 16.7 Å². The van der Waals surface area contributed by atoms with E-state index >= 15 is 0 Å². The zero-order valence-corrected chi connectivity index (χ0v) is 11.9. The molecule has 1 heterocycles. The average Bonchev–Trinajstić information content (AvgIpc) is 3.09. The molecule has 1 aliphatic rings.